The molecule has 0 spiro atoms. The number of carbonyl (C=O) groups excluding carboxylic acids is 2. The highest BCUT2D eigenvalue weighted by atomic mass is 35.5. The maximum Gasteiger partial charge on any atom is 0.250 e. The molecular formula is C10H8ClN3O2. The second kappa shape index (κ2) is 5.14. The summed E-state index contributed by atoms with van der Waals surface area (Å²) in [5.74, 6) is -1.08. The van der Waals surface area contributed by atoms with Crippen molar-refractivity contribution in [3.05, 3.63) is 28.8 Å². The SMILES string of the molecule is N#CCC(=O)Nc1ccc(C(N)=O)c(Cl)c1. The number of nitrogens with two attached hydrogens (primary N) is 1. The Bertz CT molecular complexity index is 479. The van der Waals surface area contributed by atoms with E-state index in [0.717, 1.165) is 0 Å². The van der Waals surface area contributed by atoms with Gasteiger partial charge in [0.2, 0.25) is 11.8 Å². The molecule has 0 aliphatic heterocycles. The molecule has 82 valence electrons. The number of hydrogen-bond acceptors (Lipinski definition) is 3. The summed E-state index contributed by atoms with van der Waals surface area (Å²) >= 11 is 5.77. The van der Waals surface area contributed by atoms with Gasteiger partial charge in [-0.1, -0.05) is 11.6 Å². The fourth-order valence-corrected chi connectivity index (χ4v) is 1.34. The second-order valence-corrected chi connectivity index (χ2v) is 3.35. The van der Waals surface area contributed by atoms with E-state index in [-0.39, 0.29) is 17.0 Å². The molecule has 0 radical (unpaired) electrons. The zero-order valence-corrected chi connectivity index (χ0v) is 8.91. The molecule has 1 aromatic rings. The van der Waals surface area contributed by atoms with Crippen molar-refractivity contribution in [3.8, 4) is 6.07 Å². The molecule has 0 heterocycles. The lowest BCUT2D eigenvalue weighted by Crippen LogP contribution is -2.13. The third-order valence-electron chi connectivity index (χ3n) is 1.76. The number of carbonyl (C=O) groups is 2. The Kier molecular flexibility index (Phi) is 3.86. The van der Waals surface area contributed by atoms with Crippen molar-refractivity contribution < 1.29 is 9.59 Å². The number of anilines is 1. The normalized spacial score (nSPS) is 9.25. The van der Waals surface area contributed by atoms with Crippen LogP contribution in [0.25, 0.3) is 0 Å². The van der Waals surface area contributed by atoms with Gasteiger partial charge in [-0.25, -0.2) is 0 Å². The van der Waals surface area contributed by atoms with Crippen molar-refractivity contribution in [3.63, 3.8) is 0 Å². The fraction of sp³-hybridized carbons (Fsp3) is 0.100. The van der Waals surface area contributed by atoms with Crippen LogP contribution in [-0.4, -0.2) is 11.8 Å². The molecule has 0 fully saturated rings. The van der Waals surface area contributed by atoms with Crippen LogP contribution in [0.2, 0.25) is 5.02 Å². The zero-order valence-electron chi connectivity index (χ0n) is 8.16. The number of nitrogens with zero attached hydrogens (tertiary/aromatic N) is 1. The highest BCUT2D eigenvalue weighted by molar-refractivity contribution is 6.34. The van der Waals surface area contributed by atoms with E-state index in [1.807, 2.05) is 0 Å². The topological polar surface area (TPSA) is 96.0 Å². The van der Waals surface area contributed by atoms with E-state index in [1.54, 1.807) is 6.07 Å². The predicted octanol–water partition coefficient (Wildman–Crippen LogP) is 1.29. The van der Waals surface area contributed by atoms with Gasteiger partial charge in [0.25, 0.3) is 0 Å². The van der Waals surface area contributed by atoms with Crippen molar-refractivity contribution in [2.75, 3.05) is 5.32 Å². The van der Waals surface area contributed by atoms with Crippen molar-refractivity contribution in [2.24, 2.45) is 5.73 Å². The molecule has 16 heavy (non-hydrogen) atoms. The lowest BCUT2D eigenvalue weighted by atomic mass is 10.2. The molecule has 0 saturated carbocycles. The van der Waals surface area contributed by atoms with E-state index in [9.17, 15) is 9.59 Å². The monoisotopic (exact) mass is 237 g/mol. The molecule has 0 aliphatic carbocycles. The van der Waals surface area contributed by atoms with Crippen molar-refractivity contribution in [1.82, 2.24) is 0 Å². The number of primary amides is 1. The van der Waals surface area contributed by atoms with Gasteiger partial charge < -0.3 is 11.1 Å². The first-order valence-electron chi connectivity index (χ1n) is 4.30. The van der Waals surface area contributed by atoms with Gasteiger partial charge in [0.05, 0.1) is 16.7 Å². The van der Waals surface area contributed by atoms with Crippen LogP contribution < -0.4 is 11.1 Å². The van der Waals surface area contributed by atoms with Crippen molar-refractivity contribution >= 4 is 29.1 Å². The average Bonchev–Trinajstić information content (AvgIpc) is 2.17. The van der Waals surface area contributed by atoms with Gasteiger partial charge in [-0.2, -0.15) is 5.26 Å². The van der Waals surface area contributed by atoms with Crippen LogP contribution in [0.4, 0.5) is 5.69 Å². The summed E-state index contributed by atoms with van der Waals surface area (Å²) in [6, 6.07) is 6.01. The number of amides is 2. The largest absolute Gasteiger partial charge is 0.366 e. The molecule has 1 rings (SSSR count). The summed E-state index contributed by atoms with van der Waals surface area (Å²) in [6.07, 6.45) is -0.241. The van der Waals surface area contributed by atoms with Crippen molar-refractivity contribution in [2.45, 2.75) is 6.42 Å². The molecule has 0 atom stereocenters. The van der Waals surface area contributed by atoms with E-state index in [2.05, 4.69) is 5.32 Å². The number of hydrogen-bond donors (Lipinski definition) is 2. The molecule has 6 heteroatoms. The highest BCUT2D eigenvalue weighted by Gasteiger charge is 2.08. The first-order valence-corrected chi connectivity index (χ1v) is 4.68. The lowest BCUT2D eigenvalue weighted by Gasteiger charge is -2.05. The number of halogens is 1. The Morgan fingerprint density at radius 3 is 2.69 bits per heavy atom. The third kappa shape index (κ3) is 2.97. The summed E-state index contributed by atoms with van der Waals surface area (Å²) in [4.78, 5) is 21.9. The quantitative estimate of drug-likeness (QED) is 0.829. The maximum absolute atomic E-state index is 11.1. The molecule has 0 bridgehead atoms. The number of nitriles is 1. The second-order valence-electron chi connectivity index (χ2n) is 2.94. The number of rotatable bonds is 3. The minimum absolute atomic E-state index is 0.155. The smallest absolute Gasteiger partial charge is 0.250 e. The van der Waals surface area contributed by atoms with Crippen LogP contribution in [0.3, 0.4) is 0 Å². The molecule has 0 unspecified atom stereocenters. The molecule has 0 aliphatic rings. The van der Waals surface area contributed by atoms with Crippen LogP contribution in [-0.2, 0) is 4.79 Å². The van der Waals surface area contributed by atoms with Gasteiger partial charge in [-0.3, -0.25) is 9.59 Å². The molecule has 0 aromatic heterocycles. The number of nitrogens with one attached hydrogen (secondary N) is 1. The van der Waals surface area contributed by atoms with Gasteiger partial charge >= 0.3 is 0 Å². The van der Waals surface area contributed by atoms with Crippen LogP contribution in [0, 0.1) is 11.3 Å². The first-order chi connectivity index (χ1) is 7.54. The minimum Gasteiger partial charge on any atom is -0.366 e. The maximum atomic E-state index is 11.1. The standard InChI is InChI=1S/C10H8ClN3O2/c11-8-5-6(14-9(15)3-4-12)1-2-7(8)10(13)16/h1-2,5H,3H2,(H2,13,16)(H,14,15). The van der Waals surface area contributed by atoms with Gasteiger partial charge in [0.15, 0.2) is 0 Å². The molecule has 0 saturated heterocycles. The predicted molar refractivity (Wildman–Crippen MR) is 58.8 cm³/mol. The first kappa shape index (κ1) is 12.0. The van der Waals surface area contributed by atoms with E-state index >= 15 is 0 Å². The van der Waals surface area contributed by atoms with Gasteiger partial charge in [0.1, 0.15) is 6.42 Å². The molecule has 2 amide bonds. The molecule has 3 N–H and O–H groups in total. The highest BCUT2D eigenvalue weighted by Crippen LogP contribution is 2.20. The summed E-state index contributed by atoms with van der Waals surface area (Å²) < 4.78 is 0. The van der Waals surface area contributed by atoms with Gasteiger partial charge in [-0.05, 0) is 18.2 Å². The third-order valence-corrected chi connectivity index (χ3v) is 2.07. The summed E-state index contributed by atoms with van der Waals surface area (Å²) in [5.41, 5.74) is 5.65. The summed E-state index contributed by atoms with van der Waals surface area (Å²) in [7, 11) is 0. The van der Waals surface area contributed by atoms with E-state index in [1.165, 1.54) is 18.2 Å². The summed E-state index contributed by atoms with van der Waals surface area (Å²) in [6.45, 7) is 0. The summed E-state index contributed by atoms with van der Waals surface area (Å²) in [5, 5.41) is 10.9. The van der Waals surface area contributed by atoms with Crippen LogP contribution in [0.15, 0.2) is 18.2 Å². The Labute approximate surface area is 96.8 Å². The Balaban J connectivity index is 2.86. The van der Waals surface area contributed by atoms with Crippen molar-refractivity contribution in [1.29, 1.82) is 5.26 Å². The molecular weight excluding hydrogens is 230 g/mol. The van der Waals surface area contributed by atoms with Gasteiger partial charge in [-0.15, -0.1) is 0 Å². The van der Waals surface area contributed by atoms with Crippen LogP contribution >= 0.6 is 11.6 Å². The lowest BCUT2D eigenvalue weighted by molar-refractivity contribution is -0.115. The molecule has 1 aromatic carbocycles. The van der Waals surface area contributed by atoms with E-state index in [0.29, 0.717) is 5.69 Å². The van der Waals surface area contributed by atoms with Crippen LogP contribution in [0.1, 0.15) is 16.8 Å². The zero-order chi connectivity index (χ0) is 12.1. The molecule has 5 nitrogen and oxygen atoms in total. The Morgan fingerprint density at radius 1 is 1.50 bits per heavy atom. The van der Waals surface area contributed by atoms with Gasteiger partial charge in [0, 0.05) is 5.69 Å². The van der Waals surface area contributed by atoms with Crippen LogP contribution in [0.5, 0.6) is 0 Å². The van der Waals surface area contributed by atoms with E-state index in [4.69, 9.17) is 22.6 Å². The van der Waals surface area contributed by atoms with E-state index < -0.39 is 11.8 Å². The Hall–Kier alpha value is -2.06. The fourth-order valence-electron chi connectivity index (χ4n) is 1.07. The minimum atomic E-state index is -0.639. The Morgan fingerprint density at radius 2 is 2.19 bits per heavy atom. The number of benzene rings is 1. The average molecular weight is 238 g/mol.